The Balaban J connectivity index is 1.30. The number of rotatable bonds is 16. The summed E-state index contributed by atoms with van der Waals surface area (Å²) >= 11 is 0. The molecule has 2 aromatic rings. The van der Waals surface area contributed by atoms with E-state index in [1.807, 2.05) is 19.3 Å². The van der Waals surface area contributed by atoms with Gasteiger partial charge in [-0.25, -0.2) is 0 Å². The van der Waals surface area contributed by atoms with Gasteiger partial charge in [-0.1, -0.05) is 76.6 Å². The number of aromatic nitrogens is 1. The van der Waals surface area contributed by atoms with Crippen LogP contribution in [0.1, 0.15) is 120 Å². The second-order valence-electron chi connectivity index (χ2n) is 10.5. The molecule has 0 aliphatic heterocycles. The maximum Gasteiger partial charge on any atom is 0.305 e. The molecule has 1 aliphatic rings. The van der Waals surface area contributed by atoms with Gasteiger partial charge in [-0.2, -0.15) is 0 Å². The van der Waals surface area contributed by atoms with E-state index in [4.69, 9.17) is 9.47 Å². The number of nitrogens with zero attached hydrogens (tertiary/aromatic N) is 1. The number of hydrogen-bond acceptors (Lipinski definition) is 4. The lowest BCUT2D eigenvalue weighted by Crippen LogP contribution is -2.08. The van der Waals surface area contributed by atoms with Crippen LogP contribution in [0.3, 0.4) is 0 Å². The topological polar surface area (TPSA) is 48.4 Å². The zero-order valence-electron chi connectivity index (χ0n) is 22.1. The summed E-state index contributed by atoms with van der Waals surface area (Å²) < 4.78 is 11.1. The van der Waals surface area contributed by atoms with Crippen molar-refractivity contribution in [3.63, 3.8) is 0 Å². The molecule has 1 saturated carbocycles. The number of ether oxygens (including phenoxy) is 2. The normalized spacial score (nSPS) is 15.3. The Morgan fingerprint density at radius 3 is 2.46 bits per heavy atom. The van der Waals surface area contributed by atoms with Gasteiger partial charge in [-0.15, -0.1) is 0 Å². The van der Waals surface area contributed by atoms with Crippen LogP contribution in [-0.4, -0.2) is 17.6 Å². The highest BCUT2D eigenvalue weighted by Gasteiger charge is 2.19. The molecule has 1 fully saturated rings. The summed E-state index contributed by atoms with van der Waals surface area (Å²) in [5.41, 5.74) is 3.94. The molecule has 0 N–H and O–H groups in total. The molecule has 0 amide bonds. The summed E-state index contributed by atoms with van der Waals surface area (Å²) in [7, 11) is 0. The molecule has 2 atom stereocenters. The highest BCUT2D eigenvalue weighted by molar-refractivity contribution is 5.69. The van der Waals surface area contributed by atoms with Gasteiger partial charge >= 0.3 is 5.97 Å². The maximum atomic E-state index is 11.4. The zero-order valence-corrected chi connectivity index (χ0v) is 22.1. The summed E-state index contributed by atoms with van der Waals surface area (Å²) in [5, 5.41) is 0. The fourth-order valence-electron chi connectivity index (χ4n) is 4.84. The van der Waals surface area contributed by atoms with E-state index < -0.39 is 0 Å². The highest BCUT2D eigenvalue weighted by Crippen LogP contribution is 2.36. The molecule has 1 aromatic heterocycles. The summed E-state index contributed by atoms with van der Waals surface area (Å²) in [4.78, 5) is 15.9. The van der Waals surface area contributed by atoms with Crippen LogP contribution in [0.15, 0.2) is 42.7 Å². The summed E-state index contributed by atoms with van der Waals surface area (Å²) in [6, 6.07) is 11.1. The predicted octanol–water partition coefficient (Wildman–Crippen LogP) is 8.35. The van der Waals surface area contributed by atoms with Crippen LogP contribution in [0.4, 0.5) is 0 Å². The first-order valence-electron chi connectivity index (χ1n) is 13.9. The highest BCUT2D eigenvalue weighted by atomic mass is 16.5. The lowest BCUT2D eigenvalue weighted by molar-refractivity contribution is -0.143. The number of unbranched alkanes of at least 4 members (excludes halogenated alkanes) is 2. The molecule has 35 heavy (non-hydrogen) atoms. The van der Waals surface area contributed by atoms with E-state index >= 15 is 0 Å². The van der Waals surface area contributed by atoms with Crippen molar-refractivity contribution in [1.29, 1.82) is 0 Å². The molecule has 3 rings (SSSR count). The Morgan fingerprint density at radius 1 is 1.00 bits per heavy atom. The first-order chi connectivity index (χ1) is 17.0. The van der Waals surface area contributed by atoms with Crippen molar-refractivity contribution in [2.75, 3.05) is 6.61 Å². The molecule has 0 radical (unpaired) electrons. The molecule has 1 aromatic carbocycles. The Morgan fingerprint density at radius 2 is 1.74 bits per heavy atom. The third-order valence-electron chi connectivity index (χ3n) is 7.48. The first-order valence-corrected chi connectivity index (χ1v) is 13.9. The number of benzene rings is 1. The molecule has 2 unspecified atom stereocenters. The summed E-state index contributed by atoms with van der Waals surface area (Å²) in [6.45, 7) is 7.52. The van der Waals surface area contributed by atoms with E-state index in [9.17, 15) is 4.79 Å². The van der Waals surface area contributed by atoms with Crippen LogP contribution < -0.4 is 4.74 Å². The van der Waals surface area contributed by atoms with E-state index in [1.54, 1.807) is 0 Å². The molecule has 1 heterocycles. The molecule has 0 saturated heterocycles. The lowest BCUT2D eigenvalue weighted by atomic mass is 9.80. The molecular weight excluding hydrogens is 434 g/mol. The largest absolute Gasteiger partial charge is 0.487 e. The molecule has 1 aliphatic carbocycles. The van der Waals surface area contributed by atoms with Gasteiger partial charge in [0, 0.05) is 12.6 Å². The van der Waals surface area contributed by atoms with Gasteiger partial charge in [0.05, 0.1) is 12.8 Å². The summed E-state index contributed by atoms with van der Waals surface area (Å²) in [5.74, 6) is 2.73. The molecule has 4 heteroatoms. The van der Waals surface area contributed by atoms with Crippen LogP contribution in [0.25, 0.3) is 0 Å². The maximum absolute atomic E-state index is 11.4. The fraction of sp³-hybridized carbons (Fsp3) is 0.613. The van der Waals surface area contributed by atoms with Crippen molar-refractivity contribution in [3.05, 3.63) is 59.4 Å². The monoisotopic (exact) mass is 479 g/mol. The van der Waals surface area contributed by atoms with Crippen LogP contribution in [-0.2, 0) is 16.1 Å². The molecule has 4 nitrogen and oxygen atoms in total. The van der Waals surface area contributed by atoms with Gasteiger partial charge in [0.25, 0.3) is 0 Å². The third-order valence-corrected chi connectivity index (χ3v) is 7.48. The van der Waals surface area contributed by atoms with Crippen molar-refractivity contribution in [2.24, 2.45) is 5.92 Å². The van der Waals surface area contributed by atoms with Gasteiger partial charge < -0.3 is 9.47 Å². The Kier molecular flexibility index (Phi) is 11.6. The first kappa shape index (κ1) is 27.2. The number of pyridine rings is 1. The van der Waals surface area contributed by atoms with E-state index in [0.29, 0.717) is 31.5 Å². The smallest absolute Gasteiger partial charge is 0.305 e. The second kappa shape index (κ2) is 14.9. The van der Waals surface area contributed by atoms with E-state index in [1.165, 1.54) is 68.1 Å². The SMILES string of the molecule is CCOC(=O)CCCC(C)CCCCCC(C)c1cncc(OCc2ccc(C3CCC3)cc2)c1. The van der Waals surface area contributed by atoms with Gasteiger partial charge in [-0.3, -0.25) is 9.78 Å². The molecule has 192 valence electrons. The minimum atomic E-state index is -0.0597. The number of carbonyl (C=O) groups excluding carboxylic acids is 1. The van der Waals surface area contributed by atoms with Gasteiger partial charge in [0.15, 0.2) is 0 Å². The van der Waals surface area contributed by atoms with Crippen molar-refractivity contribution in [1.82, 2.24) is 4.98 Å². The second-order valence-corrected chi connectivity index (χ2v) is 10.5. The number of carbonyl (C=O) groups is 1. The van der Waals surface area contributed by atoms with Crippen molar-refractivity contribution in [2.45, 2.75) is 110 Å². The van der Waals surface area contributed by atoms with Crippen LogP contribution in [0.2, 0.25) is 0 Å². The van der Waals surface area contributed by atoms with Crippen LogP contribution >= 0.6 is 0 Å². The number of esters is 1. The minimum absolute atomic E-state index is 0.0597. The third kappa shape index (κ3) is 9.66. The van der Waals surface area contributed by atoms with E-state index in [-0.39, 0.29) is 5.97 Å². The molecular formula is C31H45NO3. The van der Waals surface area contributed by atoms with Crippen LogP contribution in [0.5, 0.6) is 5.75 Å². The average Bonchev–Trinajstić information content (AvgIpc) is 2.82. The standard InChI is InChI=1S/C31H45NO3/c1-4-34-31(33)15-8-11-24(2)10-6-5-7-12-25(3)29-20-30(22-32-21-29)35-23-26-16-18-28(19-17-26)27-13-9-14-27/h16-22,24-25,27H,4-15,23H2,1-3H3. The minimum Gasteiger partial charge on any atom is -0.487 e. The fourth-order valence-corrected chi connectivity index (χ4v) is 4.84. The van der Waals surface area contributed by atoms with Crippen LogP contribution in [0, 0.1) is 5.92 Å². The molecule has 0 bridgehead atoms. The molecule has 0 spiro atoms. The van der Waals surface area contributed by atoms with Crippen molar-refractivity contribution < 1.29 is 14.3 Å². The van der Waals surface area contributed by atoms with Crippen molar-refractivity contribution in [3.8, 4) is 5.75 Å². The van der Waals surface area contributed by atoms with Crippen molar-refractivity contribution >= 4 is 5.97 Å². The Hall–Kier alpha value is -2.36. The van der Waals surface area contributed by atoms with Gasteiger partial charge in [-0.05, 0) is 73.1 Å². The van der Waals surface area contributed by atoms with E-state index in [0.717, 1.165) is 24.5 Å². The zero-order chi connectivity index (χ0) is 24.9. The van der Waals surface area contributed by atoms with Gasteiger partial charge in [0.2, 0.25) is 0 Å². The number of hydrogen-bond donors (Lipinski definition) is 0. The summed E-state index contributed by atoms with van der Waals surface area (Å²) in [6.07, 6.45) is 16.6. The quantitative estimate of drug-likeness (QED) is 0.179. The Labute approximate surface area is 212 Å². The lowest BCUT2D eigenvalue weighted by Gasteiger charge is -2.25. The average molecular weight is 480 g/mol. The Bertz CT molecular complexity index is 875. The predicted molar refractivity (Wildman–Crippen MR) is 143 cm³/mol. The van der Waals surface area contributed by atoms with E-state index in [2.05, 4.69) is 49.2 Å². The van der Waals surface area contributed by atoms with Gasteiger partial charge in [0.1, 0.15) is 12.4 Å².